The fourth-order valence-corrected chi connectivity index (χ4v) is 4.99. The summed E-state index contributed by atoms with van der Waals surface area (Å²) in [5.74, 6) is 2.93. The fraction of sp³-hybridized carbons (Fsp3) is 0.846. The first kappa shape index (κ1) is 13.9. The van der Waals surface area contributed by atoms with Gasteiger partial charge in [-0.1, -0.05) is 18.8 Å². The molecule has 0 radical (unpaired) electrons. The standard InChI is InChI=1S/C13H21NO3S/c1-2-9-17-11-7-3-5-10-6-4-8-12(13(10)11)18(14,15)16/h1,10-13H,3-9H2,(H2,14,15,16). The summed E-state index contributed by atoms with van der Waals surface area (Å²) in [5, 5.41) is 4.94. The van der Waals surface area contributed by atoms with Crippen LogP contribution in [0.4, 0.5) is 0 Å². The number of primary sulfonamides is 1. The molecule has 0 heterocycles. The minimum Gasteiger partial charge on any atom is -0.365 e. The Morgan fingerprint density at radius 2 is 1.89 bits per heavy atom. The number of hydrogen-bond donors (Lipinski definition) is 1. The molecule has 0 bridgehead atoms. The van der Waals surface area contributed by atoms with Crippen LogP contribution in [0.3, 0.4) is 0 Å². The second-order valence-corrected chi connectivity index (χ2v) is 7.16. The largest absolute Gasteiger partial charge is 0.365 e. The summed E-state index contributed by atoms with van der Waals surface area (Å²) in [7, 11) is -3.49. The molecule has 4 atom stereocenters. The van der Waals surface area contributed by atoms with E-state index in [-0.39, 0.29) is 18.6 Å². The van der Waals surface area contributed by atoms with E-state index in [0.29, 0.717) is 12.3 Å². The molecule has 4 unspecified atom stereocenters. The van der Waals surface area contributed by atoms with Crippen molar-refractivity contribution in [3.8, 4) is 12.3 Å². The topological polar surface area (TPSA) is 69.4 Å². The van der Waals surface area contributed by atoms with E-state index < -0.39 is 15.3 Å². The van der Waals surface area contributed by atoms with E-state index in [4.69, 9.17) is 16.3 Å². The maximum Gasteiger partial charge on any atom is 0.212 e. The van der Waals surface area contributed by atoms with Gasteiger partial charge in [0, 0.05) is 5.92 Å². The number of hydrogen-bond acceptors (Lipinski definition) is 3. The van der Waals surface area contributed by atoms with E-state index in [9.17, 15) is 8.42 Å². The van der Waals surface area contributed by atoms with Gasteiger partial charge in [0.15, 0.2) is 0 Å². The maximum absolute atomic E-state index is 11.7. The summed E-state index contributed by atoms with van der Waals surface area (Å²) in [5.41, 5.74) is 0. The van der Waals surface area contributed by atoms with Crippen LogP contribution < -0.4 is 5.14 Å². The lowest BCUT2D eigenvalue weighted by atomic mass is 9.69. The summed E-state index contributed by atoms with van der Waals surface area (Å²) in [6.45, 7) is 0.255. The molecular formula is C13H21NO3S. The van der Waals surface area contributed by atoms with Crippen LogP contribution in [0, 0.1) is 24.2 Å². The van der Waals surface area contributed by atoms with Crippen LogP contribution in [0.5, 0.6) is 0 Å². The van der Waals surface area contributed by atoms with Gasteiger partial charge in [0.25, 0.3) is 0 Å². The van der Waals surface area contributed by atoms with Crippen molar-refractivity contribution in [2.24, 2.45) is 17.0 Å². The molecule has 0 aromatic carbocycles. The molecule has 102 valence electrons. The van der Waals surface area contributed by atoms with Gasteiger partial charge >= 0.3 is 0 Å². The summed E-state index contributed by atoms with van der Waals surface area (Å²) >= 11 is 0. The van der Waals surface area contributed by atoms with Crippen LogP contribution in [0.25, 0.3) is 0 Å². The van der Waals surface area contributed by atoms with Gasteiger partial charge in [-0.15, -0.1) is 6.42 Å². The lowest BCUT2D eigenvalue weighted by Crippen LogP contribution is -2.49. The summed E-state index contributed by atoms with van der Waals surface area (Å²) in [6.07, 6.45) is 11.0. The van der Waals surface area contributed by atoms with Crippen molar-refractivity contribution in [2.75, 3.05) is 6.61 Å². The van der Waals surface area contributed by atoms with Gasteiger partial charge in [0.1, 0.15) is 6.61 Å². The smallest absolute Gasteiger partial charge is 0.212 e. The molecule has 0 saturated heterocycles. The lowest BCUT2D eigenvalue weighted by Gasteiger charge is -2.44. The number of fused-ring (bicyclic) bond motifs is 1. The van der Waals surface area contributed by atoms with Crippen LogP contribution in [-0.2, 0) is 14.8 Å². The summed E-state index contributed by atoms with van der Waals surface area (Å²) in [6, 6.07) is 0. The number of ether oxygens (including phenoxy) is 1. The van der Waals surface area contributed by atoms with E-state index in [1.54, 1.807) is 0 Å². The van der Waals surface area contributed by atoms with Gasteiger partial charge in [-0.25, -0.2) is 13.6 Å². The SMILES string of the molecule is C#CCOC1CCCC2CCCC(S(N)(=O)=O)C21. The maximum atomic E-state index is 11.7. The predicted octanol–water partition coefficient (Wildman–Crippen LogP) is 1.26. The fourth-order valence-electron chi connectivity index (χ4n) is 3.66. The molecule has 2 aliphatic carbocycles. The van der Waals surface area contributed by atoms with E-state index in [2.05, 4.69) is 5.92 Å². The Balaban J connectivity index is 2.19. The third-order valence-corrected chi connectivity index (χ3v) is 5.73. The first-order valence-electron chi connectivity index (χ1n) is 6.60. The Morgan fingerprint density at radius 3 is 2.50 bits per heavy atom. The van der Waals surface area contributed by atoms with Crippen molar-refractivity contribution in [3.63, 3.8) is 0 Å². The minimum atomic E-state index is -3.49. The molecule has 4 nitrogen and oxygen atoms in total. The van der Waals surface area contributed by atoms with Gasteiger partial charge in [-0.3, -0.25) is 0 Å². The highest BCUT2D eigenvalue weighted by Gasteiger charge is 2.45. The number of rotatable bonds is 3. The molecule has 0 spiro atoms. The van der Waals surface area contributed by atoms with Crippen LogP contribution in [0.2, 0.25) is 0 Å². The van der Waals surface area contributed by atoms with Gasteiger partial charge in [0.05, 0.1) is 11.4 Å². The second-order valence-electron chi connectivity index (χ2n) is 5.38. The van der Waals surface area contributed by atoms with E-state index in [1.165, 1.54) is 0 Å². The molecular weight excluding hydrogens is 250 g/mol. The molecule has 0 amide bonds. The highest BCUT2D eigenvalue weighted by atomic mass is 32.2. The Bertz CT molecular complexity index is 424. The molecule has 18 heavy (non-hydrogen) atoms. The Hall–Kier alpha value is -0.570. The van der Waals surface area contributed by atoms with Crippen molar-refractivity contribution in [1.29, 1.82) is 0 Å². The van der Waals surface area contributed by atoms with Crippen LogP contribution >= 0.6 is 0 Å². The number of nitrogens with two attached hydrogens (primary N) is 1. The number of terminal acetylenes is 1. The Kier molecular flexibility index (Phi) is 4.31. The van der Waals surface area contributed by atoms with E-state index >= 15 is 0 Å². The zero-order chi connectivity index (χ0) is 13.2. The van der Waals surface area contributed by atoms with E-state index in [0.717, 1.165) is 32.1 Å². The molecule has 0 aliphatic heterocycles. The quantitative estimate of drug-likeness (QED) is 0.786. The molecule has 2 rings (SSSR count). The monoisotopic (exact) mass is 271 g/mol. The minimum absolute atomic E-state index is 0.0378. The van der Waals surface area contributed by atoms with Crippen molar-refractivity contribution in [3.05, 3.63) is 0 Å². The van der Waals surface area contributed by atoms with Crippen molar-refractivity contribution in [2.45, 2.75) is 49.9 Å². The molecule has 5 heteroatoms. The highest BCUT2D eigenvalue weighted by Crippen LogP contribution is 2.43. The average Bonchev–Trinajstić information content (AvgIpc) is 2.34. The van der Waals surface area contributed by atoms with E-state index in [1.807, 2.05) is 0 Å². The second kappa shape index (κ2) is 5.60. The Morgan fingerprint density at radius 1 is 1.22 bits per heavy atom. The summed E-state index contributed by atoms with van der Waals surface area (Å²) < 4.78 is 29.2. The first-order valence-corrected chi connectivity index (χ1v) is 8.21. The predicted molar refractivity (Wildman–Crippen MR) is 70.2 cm³/mol. The molecule has 2 saturated carbocycles. The van der Waals surface area contributed by atoms with Crippen molar-refractivity contribution >= 4 is 10.0 Å². The molecule has 2 fully saturated rings. The molecule has 0 aromatic heterocycles. The zero-order valence-corrected chi connectivity index (χ0v) is 11.4. The van der Waals surface area contributed by atoms with Crippen molar-refractivity contribution < 1.29 is 13.2 Å². The van der Waals surface area contributed by atoms with Crippen LogP contribution in [0.15, 0.2) is 0 Å². The van der Waals surface area contributed by atoms with Gasteiger partial charge < -0.3 is 4.74 Å². The third kappa shape index (κ3) is 2.87. The first-order chi connectivity index (χ1) is 8.54. The number of sulfonamides is 1. The molecule has 0 aromatic rings. The highest BCUT2D eigenvalue weighted by molar-refractivity contribution is 7.89. The van der Waals surface area contributed by atoms with Gasteiger partial charge in [0.2, 0.25) is 10.0 Å². The average molecular weight is 271 g/mol. The van der Waals surface area contributed by atoms with Gasteiger partial charge in [-0.2, -0.15) is 0 Å². The Labute approximate surface area is 109 Å². The normalized spacial score (nSPS) is 36.7. The summed E-state index contributed by atoms with van der Waals surface area (Å²) in [4.78, 5) is 0. The van der Waals surface area contributed by atoms with Crippen LogP contribution in [-0.4, -0.2) is 26.4 Å². The molecule has 2 aliphatic rings. The zero-order valence-electron chi connectivity index (χ0n) is 10.5. The van der Waals surface area contributed by atoms with Crippen LogP contribution in [0.1, 0.15) is 38.5 Å². The lowest BCUT2D eigenvalue weighted by molar-refractivity contribution is -0.0321. The van der Waals surface area contributed by atoms with Gasteiger partial charge in [-0.05, 0) is 31.6 Å². The third-order valence-electron chi connectivity index (χ3n) is 4.33. The molecule has 2 N–H and O–H groups in total. The van der Waals surface area contributed by atoms with Crippen molar-refractivity contribution in [1.82, 2.24) is 0 Å².